The van der Waals surface area contributed by atoms with Gasteiger partial charge in [0.25, 0.3) is 6.43 Å². The number of rotatable bonds is 3. The van der Waals surface area contributed by atoms with Gasteiger partial charge in [-0.15, -0.1) is 0 Å². The Balaban J connectivity index is 3.32. The second kappa shape index (κ2) is 5.34. The van der Waals surface area contributed by atoms with Gasteiger partial charge >= 0.3 is 5.97 Å². The zero-order valence-electron chi connectivity index (χ0n) is 8.76. The average Bonchev–Trinajstić information content (AvgIpc) is 2.26. The van der Waals surface area contributed by atoms with Gasteiger partial charge in [-0.2, -0.15) is 0 Å². The molecule has 0 spiro atoms. The van der Waals surface area contributed by atoms with Crippen LogP contribution in [0.2, 0.25) is 0 Å². The SMILES string of the molecule is COC(=O)c1cc(CBr)c(C(F)F)c(C)n1. The maximum Gasteiger partial charge on any atom is 0.356 e. The van der Waals surface area contributed by atoms with Crippen molar-refractivity contribution in [1.82, 2.24) is 4.98 Å². The highest BCUT2D eigenvalue weighted by Gasteiger charge is 2.20. The number of pyridine rings is 1. The third-order valence-corrected chi connectivity index (χ3v) is 2.70. The van der Waals surface area contributed by atoms with Crippen LogP contribution in [-0.4, -0.2) is 18.1 Å². The molecule has 6 heteroatoms. The molecule has 1 aromatic heterocycles. The fraction of sp³-hybridized carbons (Fsp3) is 0.400. The number of aromatic nitrogens is 1. The Kier molecular flexibility index (Phi) is 4.35. The summed E-state index contributed by atoms with van der Waals surface area (Å²) in [5.41, 5.74) is 0.402. The van der Waals surface area contributed by atoms with Crippen LogP contribution >= 0.6 is 15.9 Å². The van der Waals surface area contributed by atoms with Gasteiger partial charge in [0.1, 0.15) is 5.69 Å². The lowest BCUT2D eigenvalue weighted by molar-refractivity contribution is 0.0593. The first kappa shape index (κ1) is 13.0. The fourth-order valence-corrected chi connectivity index (χ4v) is 1.83. The fourth-order valence-electron chi connectivity index (χ4n) is 1.37. The topological polar surface area (TPSA) is 39.2 Å². The number of alkyl halides is 3. The minimum absolute atomic E-state index is 0.0406. The molecule has 0 aliphatic carbocycles. The van der Waals surface area contributed by atoms with Crippen molar-refractivity contribution in [2.24, 2.45) is 0 Å². The first-order valence-corrected chi connectivity index (χ1v) is 5.56. The summed E-state index contributed by atoms with van der Waals surface area (Å²) in [6, 6.07) is 1.31. The maximum absolute atomic E-state index is 12.7. The lowest BCUT2D eigenvalue weighted by atomic mass is 10.1. The molecule has 0 saturated heterocycles. The average molecular weight is 294 g/mol. The van der Waals surface area contributed by atoms with E-state index in [1.54, 1.807) is 0 Å². The quantitative estimate of drug-likeness (QED) is 0.635. The summed E-state index contributed by atoms with van der Waals surface area (Å²) in [6.45, 7) is 1.44. The van der Waals surface area contributed by atoms with Crippen LogP contribution in [-0.2, 0) is 10.1 Å². The van der Waals surface area contributed by atoms with Crippen molar-refractivity contribution < 1.29 is 18.3 Å². The van der Waals surface area contributed by atoms with Crippen LogP contribution in [0.4, 0.5) is 8.78 Å². The van der Waals surface area contributed by atoms with Gasteiger partial charge in [0.2, 0.25) is 0 Å². The smallest absolute Gasteiger partial charge is 0.356 e. The van der Waals surface area contributed by atoms with Gasteiger partial charge < -0.3 is 4.74 Å². The highest BCUT2D eigenvalue weighted by atomic mass is 79.9. The molecule has 0 saturated carbocycles. The van der Waals surface area contributed by atoms with E-state index < -0.39 is 12.4 Å². The normalized spacial score (nSPS) is 10.6. The van der Waals surface area contributed by atoms with Crippen molar-refractivity contribution in [3.63, 3.8) is 0 Å². The predicted molar refractivity (Wildman–Crippen MR) is 57.9 cm³/mol. The van der Waals surface area contributed by atoms with Crippen LogP contribution in [0.3, 0.4) is 0 Å². The van der Waals surface area contributed by atoms with Gasteiger partial charge in [-0.25, -0.2) is 18.6 Å². The summed E-state index contributed by atoms with van der Waals surface area (Å²) in [5, 5.41) is 0.236. The van der Waals surface area contributed by atoms with E-state index in [4.69, 9.17) is 0 Å². The second-order valence-electron chi connectivity index (χ2n) is 3.09. The number of carbonyl (C=O) groups excluding carboxylic acids is 1. The second-order valence-corrected chi connectivity index (χ2v) is 3.65. The molecule has 1 aromatic rings. The minimum atomic E-state index is -2.60. The molecule has 0 amide bonds. The van der Waals surface area contributed by atoms with E-state index >= 15 is 0 Å². The summed E-state index contributed by atoms with van der Waals surface area (Å²) < 4.78 is 29.9. The highest BCUT2D eigenvalue weighted by Crippen LogP contribution is 2.27. The van der Waals surface area contributed by atoms with E-state index in [-0.39, 0.29) is 22.3 Å². The summed E-state index contributed by atoms with van der Waals surface area (Å²) in [5.74, 6) is -0.633. The van der Waals surface area contributed by atoms with E-state index in [2.05, 4.69) is 25.7 Å². The number of aryl methyl sites for hydroxylation is 1. The molecular formula is C10H10BrF2NO2. The van der Waals surface area contributed by atoms with Gasteiger partial charge in [0.05, 0.1) is 7.11 Å². The van der Waals surface area contributed by atoms with Crippen molar-refractivity contribution in [2.45, 2.75) is 18.7 Å². The summed E-state index contributed by atoms with van der Waals surface area (Å²) in [6.07, 6.45) is -2.60. The number of hydrogen-bond donors (Lipinski definition) is 0. The minimum Gasteiger partial charge on any atom is -0.464 e. The van der Waals surface area contributed by atoms with Crippen molar-refractivity contribution in [1.29, 1.82) is 0 Å². The number of halogens is 3. The Morgan fingerprint density at radius 2 is 2.25 bits per heavy atom. The molecule has 1 rings (SSSR count). The molecule has 0 bridgehead atoms. The Morgan fingerprint density at radius 3 is 2.69 bits per heavy atom. The number of methoxy groups -OCH3 is 1. The van der Waals surface area contributed by atoms with Crippen LogP contribution < -0.4 is 0 Å². The largest absolute Gasteiger partial charge is 0.464 e. The van der Waals surface area contributed by atoms with Crippen LogP contribution in [0, 0.1) is 6.92 Å². The lowest BCUT2D eigenvalue weighted by Crippen LogP contribution is -2.09. The van der Waals surface area contributed by atoms with E-state index in [0.29, 0.717) is 5.56 Å². The summed E-state index contributed by atoms with van der Waals surface area (Å²) in [7, 11) is 1.22. The first-order chi connectivity index (χ1) is 7.51. The third kappa shape index (κ3) is 2.55. The summed E-state index contributed by atoms with van der Waals surface area (Å²) in [4.78, 5) is 15.0. The molecule has 3 nitrogen and oxygen atoms in total. The number of ether oxygens (including phenoxy) is 1. The zero-order valence-corrected chi connectivity index (χ0v) is 10.3. The zero-order chi connectivity index (χ0) is 12.3. The number of nitrogens with zero attached hydrogens (tertiary/aromatic N) is 1. The molecule has 1 heterocycles. The van der Waals surface area contributed by atoms with Gasteiger partial charge in [0, 0.05) is 16.6 Å². The van der Waals surface area contributed by atoms with Crippen LogP contribution in [0.1, 0.15) is 33.7 Å². The molecule has 0 aromatic carbocycles. The van der Waals surface area contributed by atoms with Crippen LogP contribution in [0.25, 0.3) is 0 Å². The van der Waals surface area contributed by atoms with Crippen molar-refractivity contribution in [3.8, 4) is 0 Å². The molecule has 0 fully saturated rings. The van der Waals surface area contributed by atoms with E-state index in [1.165, 1.54) is 20.1 Å². The van der Waals surface area contributed by atoms with Crippen molar-refractivity contribution in [3.05, 3.63) is 28.6 Å². The number of esters is 1. The molecule has 0 aliphatic heterocycles. The molecule has 0 atom stereocenters. The lowest BCUT2D eigenvalue weighted by Gasteiger charge is -2.11. The van der Waals surface area contributed by atoms with Gasteiger partial charge in [-0.05, 0) is 18.6 Å². The van der Waals surface area contributed by atoms with Crippen molar-refractivity contribution in [2.75, 3.05) is 7.11 Å². The van der Waals surface area contributed by atoms with Gasteiger partial charge in [-0.3, -0.25) is 0 Å². The van der Waals surface area contributed by atoms with Crippen molar-refractivity contribution >= 4 is 21.9 Å². The Morgan fingerprint density at radius 1 is 1.62 bits per heavy atom. The molecular weight excluding hydrogens is 284 g/mol. The van der Waals surface area contributed by atoms with E-state index in [0.717, 1.165) is 0 Å². The highest BCUT2D eigenvalue weighted by molar-refractivity contribution is 9.08. The van der Waals surface area contributed by atoms with Crippen LogP contribution in [0.5, 0.6) is 0 Å². The van der Waals surface area contributed by atoms with Crippen LogP contribution in [0.15, 0.2) is 6.07 Å². The maximum atomic E-state index is 12.7. The van der Waals surface area contributed by atoms with E-state index in [1.807, 2.05) is 0 Å². The van der Waals surface area contributed by atoms with Gasteiger partial charge in [0.15, 0.2) is 0 Å². The Bertz CT molecular complexity index is 410. The number of hydrogen-bond acceptors (Lipinski definition) is 3. The predicted octanol–water partition coefficient (Wildman–Crippen LogP) is 3.01. The van der Waals surface area contributed by atoms with Gasteiger partial charge in [-0.1, -0.05) is 15.9 Å². The molecule has 0 unspecified atom stereocenters. The Hall–Kier alpha value is -1.04. The Labute approximate surface area is 99.9 Å². The third-order valence-electron chi connectivity index (χ3n) is 2.09. The molecule has 88 valence electrons. The van der Waals surface area contributed by atoms with E-state index in [9.17, 15) is 13.6 Å². The molecule has 0 N–H and O–H groups in total. The summed E-state index contributed by atoms with van der Waals surface area (Å²) >= 11 is 3.10. The first-order valence-electron chi connectivity index (χ1n) is 4.44. The molecule has 16 heavy (non-hydrogen) atoms. The monoisotopic (exact) mass is 293 g/mol. The molecule has 0 aliphatic rings. The molecule has 0 radical (unpaired) electrons. The number of carbonyl (C=O) groups is 1. The standard InChI is InChI=1S/C10H10BrF2NO2/c1-5-8(9(12)13)6(4-11)3-7(14-5)10(15)16-2/h3,9H,4H2,1-2H3.